The minimum atomic E-state index is -0.216. The monoisotopic (exact) mass is 498 g/mol. The van der Waals surface area contributed by atoms with Crippen LogP contribution < -0.4 is 10.1 Å². The van der Waals surface area contributed by atoms with Crippen molar-refractivity contribution in [2.75, 3.05) is 25.5 Å². The molecule has 0 bridgehead atoms. The van der Waals surface area contributed by atoms with Gasteiger partial charge in [-0.15, -0.1) is 0 Å². The number of rotatable bonds is 15. The van der Waals surface area contributed by atoms with Gasteiger partial charge < -0.3 is 15.0 Å². The van der Waals surface area contributed by atoms with Gasteiger partial charge in [-0.2, -0.15) is 5.10 Å². The minimum absolute atomic E-state index is 0.0435. The van der Waals surface area contributed by atoms with Crippen molar-refractivity contribution in [1.82, 2.24) is 14.7 Å². The van der Waals surface area contributed by atoms with E-state index in [4.69, 9.17) is 9.84 Å². The number of methoxy groups -OCH3 is 1. The third-order valence-corrected chi connectivity index (χ3v) is 6.24. The molecular formula is C29H46N4O3. The molecule has 0 radical (unpaired) electrons. The molecule has 7 heteroatoms. The van der Waals surface area contributed by atoms with Crippen LogP contribution in [0.5, 0.6) is 5.75 Å². The first-order chi connectivity index (χ1) is 17.2. The van der Waals surface area contributed by atoms with Crippen LogP contribution in [0.15, 0.2) is 30.3 Å². The molecule has 0 aliphatic carbocycles. The normalized spacial score (nSPS) is 11.4. The highest BCUT2D eigenvalue weighted by molar-refractivity contribution is 5.94. The average Bonchev–Trinajstić information content (AvgIpc) is 3.27. The molecule has 1 heterocycles. The molecule has 0 aliphatic heterocycles. The fraction of sp³-hybridized carbons (Fsp3) is 0.621. The summed E-state index contributed by atoms with van der Waals surface area (Å²) in [6.45, 7) is 11.1. The maximum atomic E-state index is 13.1. The van der Waals surface area contributed by atoms with Crippen molar-refractivity contribution in [2.45, 2.75) is 97.8 Å². The first-order valence-corrected chi connectivity index (χ1v) is 13.5. The number of nitrogens with one attached hydrogen (secondary N) is 1. The molecule has 2 rings (SSSR count). The highest BCUT2D eigenvalue weighted by atomic mass is 16.5. The predicted molar refractivity (Wildman–Crippen MR) is 147 cm³/mol. The van der Waals surface area contributed by atoms with E-state index in [9.17, 15) is 9.59 Å². The number of benzene rings is 1. The number of ether oxygens (including phenoxy) is 1. The molecule has 2 amide bonds. The molecule has 0 atom stereocenters. The van der Waals surface area contributed by atoms with Gasteiger partial charge in [0, 0.05) is 24.4 Å². The van der Waals surface area contributed by atoms with E-state index in [2.05, 4.69) is 33.0 Å². The second-order valence-corrected chi connectivity index (χ2v) is 10.5. The quantitative estimate of drug-likeness (QED) is 0.285. The highest BCUT2D eigenvalue weighted by Gasteiger charge is 2.23. The van der Waals surface area contributed by atoms with Gasteiger partial charge in [0.15, 0.2) is 0 Å². The minimum Gasteiger partial charge on any atom is -0.497 e. The van der Waals surface area contributed by atoms with Crippen molar-refractivity contribution >= 4 is 17.6 Å². The van der Waals surface area contributed by atoms with E-state index in [0.29, 0.717) is 18.8 Å². The van der Waals surface area contributed by atoms with Crippen LogP contribution >= 0.6 is 0 Å². The average molecular weight is 499 g/mol. The van der Waals surface area contributed by atoms with Crippen LogP contribution in [0.25, 0.3) is 5.69 Å². The van der Waals surface area contributed by atoms with E-state index >= 15 is 0 Å². The number of nitrogens with zero attached hydrogens (tertiary/aromatic N) is 3. The summed E-state index contributed by atoms with van der Waals surface area (Å²) in [4.78, 5) is 27.6. The van der Waals surface area contributed by atoms with Crippen molar-refractivity contribution in [3.8, 4) is 11.4 Å². The molecule has 0 saturated heterocycles. The zero-order valence-corrected chi connectivity index (χ0v) is 23.2. The van der Waals surface area contributed by atoms with Gasteiger partial charge in [-0.1, -0.05) is 73.1 Å². The molecule has 36 heavy (non-hydrogen) atoms. The van der Waals surface area contributed by atoms with Gasteiger partial charge in [0.2, 0.25) is 11.8 Å². The zero-order valence-electron chi connectivity index (χ0n) is 23.2. The Hall–Kier alpha value is -2.83. The summed E-state index contributed by atoms with van der Waals surface area (Å²) in [7, 11) is 1.63. The summed E-state index contributed by atoms with van der Waals surface area (Å²) in [5.41, 5.74) is 1.51. The van der Waals surface area contributed by atoms with Gasteiger partial charge in [-0.25, -0.2) is 4.68 Å². The maximum absolute atomic E-state index is 13.1. The van der Waals surface area contributed by atoms with Gasteiger partial charge in [0.25, 0.3) is 0 Å². The number of anilines is 1. The Labute approximate surface area is 217 Å². The second kappa shape index (κ2) is 14.7. The number of hydrogen-bond acceptors (Lipinski definition) is 4. The molecular weight excluding hydrogens is 452 g/mol. The van der Waals surface area contributed by atoms with Crippen LogP contribution in [-0.2, 0) is 15.0 Å². The Morgan fingerprint density at radius 1 is 0.972 bits per heavy atom. The van der Waals surface area contributed by atoms with E-state index in [1.54, 1.807) is 16.7 Å². The fourth-order valence-corrected chi connectivity index (χ4v) is 4.07. The van der Waals surface area contributed by atoms with Crippen molar-refractivity contribution in [3.05, 3.63) is 36.0 Å². The van der Waals surface area contributed by atoms with Gasteiger partial charge in [-0.3, -0.25) is 9.59 Å². The van der Waals surface area contributed by atoms with E-state index in [1.807, 2.05) is 37.3 Å². The molecule has 1 aromatic heterocycles. The summed E-state index contributed by atoms with van der Waals surface area (Å²) < 4.78 is 7.01. The lowest BCUT2D eigenvalue weighted by atomic mass is 9.92. The molecule has 7 nitrogen and oxygen atoms in total. The molecule has 0 fully saturated rings. The Bertz CT molecular complexity index is 944. The summed E-state index contributed by atoms with van der Waals surface area (Å²) in [6.07, 6.45) is 9.47. The van der Waals surface area contributed by atoms with Crippen molar-refractivity contribution in [1.29, 1.82) is 0 Å². The largest absolute Gasteiger partial charge is 0.497 e. The Morgan fingerprint density at radius 3 is 2.19 bits per heavy atom. The van der Waals surface area contributed by atoms with E-state index in [0.717, 1.165) is 36.4 Å². The molecule has 200 valence electrons. The van der Waals surface area contributed by atoms with E-state index < -0.39 is 0 Å². The van der Waals surface area contributed by atoms with E-state index in [-0.39, 0.29) is 23.8 Å². The standard InChI is InChI=1S/C29H46N4O3/c1-7-9-10-11-12-13-14-15-28(35)32(20-8-2)22-27(34)30-26-21-25(29(3,4)5)31-33(26)23-16-18-24(36-6)19-17-23/h16-19,21H,7-15,20,22H2,1-6H3,(H,30,34). The molecule has 0 spiro atoms. The Morgan fingerprint density at radius 2 is 1.61 bits per heavy atom. The second-order valence-electron chi connectivity index (χ2n) is 10.5. The number of carbonyl (C=O) groups is 2. The number of hydrogen-bond donors (Lipinski definition) is 1. The third-order valence-electron chi connectivity index (χ3n) is 6.24. The Kier molecular flexibility index (Phi) is 12.0. The van der Waals surface area contributed by atoms with Gasteiger partial charge in [-0.05, 0) is 37.1 Å². The van der Waals surface area contributed by atoms with E-state index in [1.165, 1.54) is 32.1 Å². The van der Waals surface area contributed by atoms with Crippen LogP contribution in [0.4, 0.5) is 5.82 Å². The fourth-order valence-electron chi connectivity index (χ4n) is 4.07. The van der Waals surface area contributed by atoms with Crippen molar-refractivity contribution in [3.63, 3.8) is 0 Å². The number of amides is 2. The van der Waals surface area contributed by atoms with Crippen LogP contribution in [0, 0.1) is 0 Å². The molecule has 1 N–H and O–H groups in total. The zero-order chi connectivity index (χ0) is 26.6. The van der Waals surface area contributed by atoms with Crippen LogP contribution in [0.2, 0.25) is 0 Å². The van der Waals surface area contributed by atoms with Crippen molar-refractivity contribution < 1.29 is 14.3 Å². The maximum Gasteiger partial charge on any atom is 0.245 e. The van der Waals surface area contributed by atoms with Crippen LogP contribution in [0.3, 0.4) is 0 Å². The Balaban J connectivity index is 2.05. The molecule has 0 aliphatic rings. The topological polar surface area (TPSA) is 76.5 Å². The summed E-state index contributed by atoms with van der Waals surface area (Å²) in [6, 6.07) is 9.45. The lowest BCUT2D eigenvalue weighted by Gasteiger charge is -2.22. The first kappa shape index (κ1) is 29.4. The SMILES string of the molecule is CCCCCCCCCC(=O)N(CCC)CC(=O)Nc1cc(C(C)(C)C)nn1-c1ccc(OC)cc1. The predicted octanol–water partition coefficient (Wildman–Crippen LogP) is 6.50. The molecule has 0 unspecified atom stereocenters. The number of carbonyl (C=O) groups excluding carboxylic acids is 2. The molecule has 0 saturated carbocycles. The lowest BCUT2D eigenvalue weighted by molar-refractivity contribution is -0.134. The van der Waals surface area contributed by atoms with Gasteiger partial charge in [0.1, 0.15) is 11.6 Å². The van der Waals surface area contributed by atoms with Crippen molar-refractivity contribution in [2.24, 2.45) is 0 Å². The summed E-state index contributed by atoms with van der Waals surface area (Å²) in [5, 5.41) is 7.77. The number of aromatic nitrogens is 2. The van der Waals surface area contributed by atoms with Crippen LogP contribution in [-0.4, -0.2) is 46.7 Å². The lowest BCUT2D eigenvalue weighted by Crippen LogP contribution is -2.38. The summed E-state index contributed by atoms with van der Waals surface area (Å²) >= 11 is 0. The first-order valence-electron chi connectivity index (χ1n) is 13.5. The highest BCUT2D eigenvalue weighted by Crippen LogP contribution is 2.27. The summed E-state index contributed by atoms with van der Waals surface area (Å²) in [5.74, 6) is 1.18. The molecule has 1 aromatic carbocycles. The number of unbranched alkanes of at least 4 members (excludes halogenated alkanes) is 6. The molecule has 2 aromatic rings. The van der Waals surface area contributed by atoms with Crippen LogP contribution in [0.1, 0.15) is 98.1 Å². The smallest absolute Gasteiger partial charge is 0.245 e. The van der Waals surface area contributed by atoms with Gasteiger partial charge in [0.05, 0.1) is 25.0 Å². The third kappa shape index (κ3) is 9.32. The van der Waals surface area contributed by atoms with Gasteiger partial charge >= 0.3 is 0 Å².